The Balaban J connectivity index is 1.46. The van der Waals surface area contributed by atoms with Crippen LogP contribution in [0.4, 0.5) is 0 Å². The molecule has 3 aromatic rings. The van der Waals surface area contributed by atoms with Gasteiger partial charge in [0, 0.05) is 11.6 Å². The fraction of sp³-hybridized carbons (Fsp3) is 0.214. The molecule has 0 unspecified atom stereocenters. The Kier molecular flexibility index (Phi) is 6.00. The van der Waals surface area contributed by atoms with Crippen molar-refractivity contribution in [2.24, 2.45) is 5.73 Å². The molecule has 0 atom stereocenters. The second-order valence-corrected chi connectivity index (χ2v) is 11.0. The predicted molar refractivity (Wildman–Crippen MR) is 138 cm³/mol. The first-order valence-corrected chi connectivity index (χ1v) is 13.3. The van der Waals surface area contributed by atoms with E-state index < -0.39 is 9.84 Å². The summed E-state index contributed by atoms with van der Waals surface area (Å²) in [6, 6.07) is 18.2. The van der Waals surface area contributed by atoms with E-state index in [1.807, 2.05) is 24.3 Å². The van der Waals surface area contributed by atoms with Gasteiger partial charge in [-0.25, -0.2) is 8.42 Å². The molecule has 0 heterocycles. The zero-order valence-corrected chi connectivity index (χ0v) is 19.9. The van der Waals surface area contributed by atoms with Crippen LogP contribution in [0, 0.1) is 0 Å². The fourth-order valence-corrected chi connectivity index (χ4v) is 6.78. The molecule has 0 radical (unpaired) electrons. The molecule has 2 N–H and O–H groups in total. The molecule has 33 heavy (non-hydrogen) atoms. The molecule has 5 heteroatoms. The summed E-state index contributed by atoms with van der Waals surface area (Å²) < 4.78 is 26.7. The van der Waals surface area contributed by atoms with Crippen LogP contribution in [0.3, 0.4) is 0 Å². The predicted octanol–water partition coefficient (Wildman–Crippen LogP) is 5.98. The third kappa shape index (κ3) is 4.08. The van der Waals surface area contributed by atoms with Gasteiger partial charge in [-0.05, 0) is 76.3 Å². The smallest absolute Gasteiger partial charge is 0.182 e. The lowest BCUT2D eigenvalue weighted by Gasteiger charge is -2.27. The Morgan fingerprint density at radius 3 is 2.52 bits per heavy atom. The second-order valence-electron chi connectivity index (χ2n) is 8.58. The average Bonchev–Trinajstić information content (AvgIpc) is 2.83. The highest BCUT2D eigenvalue weighted by Gasteiger charge is 2.28. The Labute approximate surface area is 200 Å². The number of halogens is 1. The van der Waals surface area contributed by atoms with E-state index in [1.165, 1.54) is 27.8 Å². The van der Waals surface area contributed by atoms with Gasteiger partial charge < -0.3 is 5.73 Å². The maximum atomic E-state index is 13.4. The number of fused-ring (bicyclic) bond motifs is 5. The summed E-state index contributed by atoms with van der Waals surface area (Å²) in [4.78, 5) is 0.459. The minimum Gasteiger partial charge on any atom is -0.326 e. The van der Waals surface area contributed by atoms with Gasteiger partial charge in [-0.3, -0.25) is 0 Å². The van der Waals surface area contributed by atoms with Gasteiger partial charge >= 0.3 is 0 Å². The number of hydrogen-bond donors (Lipinski definition) is 1. The van der Waals surface area contributed by atoms with Gasteiger partial charge in [0.15, 0.2) is 9.84 Å². The lowest BCUT2D eigenvalue weighted by atomic mass is 9.79. The van der Waals surface area contributed by atoms with Crippen molar-refractivity contribution in [3.05, 3.63) is 105 Å². The molecule has 2 aliphatic rings. The minimum absolute atomic E-state index is 0.0608. The molecule has 0 amide bonds. The normalized spacial score (nSPS) is 15.0. The number of allylic oxidation sites excluding steroid dienone is 1. The van der Waals surface area contributed by atoms with E-state index in [4.69, 9.17) is 17.3 Å². The molecule has 168 valence electrons. The van der Waals surface area contributed by atoms with Crippen molar-refractivity contribution in [3.8, 4) is 11.1 Å². The Hall–Kier alpha value is -2.66. The van der Waals surface area contributed by atoms with Gasteiger partial charge in [-0.1, -0.05) is 78.4 Å². The lowest BCUT2D eigenvalue weighted by molar-refractivity contribution is 0.608. The van der Waals surface area contributed by atoms with Gasteiger partial charge in [0.05, 0.1) is 10.7 Å². The van der Waals surface area contributed by atoms with E-state index in [-0.39, 0.29) is 5.75 Å². The number of nitrogens with two attached hydrogens (primary N) is 1. The highest BCUT2D eigenvalue weighted by atomic mass is 35.5. The highest BCUT2D eigenvalue weighted by molar-refractivity contribution is 8.00. The van der Waals surface area contributed by atoms with Crippen LogP contribution >= 0.6 is 11.6 Å². The van der Waals surface area contributed by atoms with Crippen LogP contribution in [0.15, 0.2) is 66.7 Å². The Bertz CT molecular complexity index is 1400. The molecule has 3 nitrogen and oxygen atoms in total. The topological polar surface area (TPSA) is 60.2 Å². The fourth-order valence-electron chi connectivity index (χ4n) is 5.10. The molecule has 0 aromatic heterocycles. The van der Waals surface area contributed by atoms with Crippen molar-refractivity contribution in [1.82, 2.24) is 0 Å². The minimum atomic E-state index is -3.47. The third-order valence-corrected chi connectivity index (χ3v) is 8.72. The number of benzene rings is 3. The summed E-state index contributed by atoms with van der Waals surface area (Å²) in [5.41, 5.74) is 14.8. The molecule has 0 bridgehead atoms. The number of hydrogen-bond acceptors (Lipinski definition) is 3. The maximum Gasteiger partial charge on any atom is 0.182 e. The Morgan fingerprint density at radius 2 is 1.67 bits per heavy atom. The molecule has 0 saturated heterocycles. The van der Waals surface area contributed by atoms with E-state index in [9.17, 15) is 8.42 Å². The van der Waals surface area contributed by atoms with Crippen molar-refractivity contribution in [2.75, 3.05) is 5.75 Å². The van der Waals surface area contributed by atoms with Crippen molar-refractivity contribution in [1.29, 1.82) is 0 Å². The molecule has 5 rings (SSSR count). The van der Waals surface area contributed by atoms with Crippen LogP contribution < -0.4 is 5.73 Å². The first-order valence-electron chi connectivity index (χ1n) is 11.3. The van der Waals surface area contributed by atoms with Gasteiger partial charge in [0.1, 0.15) is 0 Å². The maximum absolute atomic E-state index is 13.4. The van der Waals surface area contributed by atoms with Crippen LogP contribution in [0.25, 0.3) is 22.1 Å². The van der Waals surface area contributed by atoms with Crippen molar-refractivity contribution in [3.63, 3.8) is 0 Å². The molecule has 0 aliphatic heterocycles. The molecular formula is C28H26ClNO2S. The SMILES string of the molecule is NCc1c(Cl)cccc1C=CCS(=O)(=O)C1=CCCc2c1ccc1c2CCc2ccccc2-1. The van der Waals surface area contributed by atoms with Gasteiger partial charge in [0.2, 0.25) is 0 Å². The van der Waals surface area contributed by atoms with Crippen LogP contribution in [0.2, 0.25) is 5.02 Å². The number of sulfone groups is 1. The highest BCUT2D eigenvalue weighted by Crippen LogP contribution is 2.41. The van der Waals surface area contributed by atoms with Gasteiger partial charge in [0.25, 0.3) is 0 Å². The molecular weight excluding hydrogens is 450 g/mol. The number of aryl methyl sites for hydroxylation is 1. The summed E-state index contributed by atoms with van der Waals surface area (Å²) in [6.07, 6.45) is 8.98. The van der Waals surface area contributed by atoms with Crippen LogP contribution in [0.1, 0.15) is 39.8 Å². The molecule has 0 saturated carbocycles. The quantitative estimate of drug-likeness (QED) is 0.493. The largest absolute Gasteiger partial charge is 0.326 e. The van der Waals surface area contributed by atoms with E-state index in [0.29, 0.717) is 16.5 Å². The molecule has 0 spiro atoms. The summed E-state index contributed by atoms with van der Waals surface area (Å²) in [5.74, 6) is -0.0608. The molecule has 0 fully saturated rings. The van der Waals surface area contributed by atoms with E-state index in [2.05, 4.69) is 30.3 Å². The van der Waals surface area contributed by atoms with Crippen LogP contribution in [-0.4, -0.2) is 14.2 Å². The Morgan fingerprint density at radius 1 is 0.879 bits per heavy atom. The zero-order chi connectivity index (χ0) is 23.0. The van der Waals surface area contributed by atoms with E-state index in [0.717, 1.165) is 42.4 Å². The van der Waals surface area contributed by atoms with Crippen LogP contribution in [0.5, 0.6) is 0 Å². The average molecular weight is 476 g/mol. The summed E-state index contributed by atoms with van der Waals surface area (Å²) in [7, 11) is -3.47. The van der Waals surface area contributed by atoms with E-state index in [1.54, 1.807) is 18.2 Å². The lowest BCUT2D eigenvalue weighted by Crippen LogP contribution is -2.15. The van der Waals surface area contributed by atoms with Crippen molar-refractivity contribution >= 4 is 32.4 Å². The monoisotopic (exact) mass is 475 g/mol. The third-order valence-electron chi connectivity index (χ3n) is 6.68. The summed E-state index contributed by atoms with van der Waals surface area (Å²) in [6.45, 7) is 0.304. The summed E-state index contributed by atoms with van der Waals surface area (Å²) in [5, 5.41) is 0.595. The van der Waals surface area contributed by atoms with E-state index >= 15 is 0 Å². The van der Waals surface area contributed by atoms with Crippen LogP contribution in [-0.2, 0) is 35.6 Å². The molecule has 3 aromatic carbocycles. The van der Waals surface area contributed by atoms with Crippen molar-refractivity contribution in [2.45, 2.75) is 32.2 Å². The standard InChI is InChI=1S/C28H26ClNO2S/c29-27-11-3-7-19(26(27)18-30)8-5-17-33(31,32)28-12-4-10-22-24-14-13-20-6-1-2-9-21(20)23(24)15-16-25(22)28/h1-3,5-9,11-12,15-16H,4,10,13-14,17-18,30H2. The van der Waals surface area contributed by atoms with Gasteiger partial charge in [-0.2, -0.15) is 0 Å². The zero-order valence-electron chi connectivity index (χ0n) is 18.4. The second kappa shape index (κ2) is 8.94. The number of rotatable bonds is 5. The van der Waals surface area contributed by atoms with Crippen molar-refractivity contribution < 1.29 is 8.42 Å². The molecule has 2 aliphatic carbocycles. The first kappa shape index (κ1) is 22.1. The first-order chi connectivity index (χ1) is 16.0. The summed E-state index contributed by atoms with van der Waals surface area (Å²) >= 11 is 6.22. The van der Waals surface area contributed by atoms with Gasteiger partial charge in [-0.15, -0.1) is 0 Å².